The molecule has 0 fully saturated rings. The summed E-state index contributed by atoms with van der Waals surface area (Å²) >= 11 is 1.50. The molecule has 4 heterocycles. The van der Waals surface area contributed by atoms with Gasteiger partial charge >= 0.3 is 5.97 Å². The number of hydrogen-bond donors (Lipinski definition) is 1. The number of Topliss-reactive ketones (excluding diaryl/α,β-unsaturated/α-hetero) is 1. The van der Waals surface area contributed by atoms with E-state index >= 15 is 0 Å². The lowest BCUT2D eigenvalue weighted by atomic mass is 9.79. The SMILES string of the molecule is CC(=O)C1=C(C)NC(C)=C(C(=O)OCc2ccccc2-c2cccnc2)C1c1csc2ncccc12. The molecule has 0 radical (unpaired) electrons. The maximum atomic E-state index is 13.7. The maximum absolute atomic E-state index is 13.7. The van der Waals surface area contributed by atoms with E-state index in [-0.39, 0.29) is 12.4 Å². The third-order valence-electron chi connectivity index (χ3n) is 6.40. The van der Waals surface area contributed by atoms with Gasteiger partial charge in [0.15, 0.2) is 5.78 Å². The highest BCUT2D eigenvalue weighted by Gasteiger charge is 2.37. The minimum absolute atomic E-state index is 0.0898. The molecule has 0 saturated heterocycles. The Labute approximate surface area is 213 Å². The molecule has 1 aromatic carbocycles. The van der Waals surface area contributed by atoms with Crippen LogP contribution in [0.3, 0.4) is 0 Å². The molecule has 0 spiro atoms. The highest BCUT2D eigenvalue weighted by molar-refractivity contribution is 7.16. The van der Waals surface area contributed by atoms with Crippen LogP contribution in [0.25, 0.3) is 21.3 Å². The fourth-order valence-corrected chi connectivity index (χ4v) is 5.76. The monoisotopic (exact) mass is 495 g/mol. The predicted molar refractivity (Wildman–Crippen MR) is 141 cm³/mol. The third-order valence-corrected chi connectivity index (χ3v) is 7.32. The Hall–Kier alpha value is -4.10. The number of pyridine rings is 2. The first-order chi connectivity index (χ1) is 17.5. The van der Waals surface area contributed by atoms with Crippen LogP contribution in [0.15, 0.2) is 95.0 Å². The Bertz CT molecular complexity index is 1540. The molecule has 0 bridgehead atoms. The van der Waals surface area contributed by atoms with E-state index in [1.54, 1.807) is 18.6 Å². The molecule has 1 aliphatic rings. The number of thiophene rings is 1. The molecule has 180 valence electrons. The molecule has 1 atom stereocenters. The second-order valence-electron chi connectivity index (χ2n) is 8.71. The van der Waals surface area contributed by atoms with Crippen molar-refractivity contribution in [2.45, 2.75) is 33.3 Å². The first-order valence-electron chi connectivity index (χ1n) is 11.6. The summed E-state index contributed by atoms with van der Waals surface area (Å²) in [6.07, 6.45) is 5.26. The fraction of sp³-hybridized carbons (Fsp3) is 0.172. The van der Waals surface area contributed by atoms with E-state index < -0.39 is 11.9 Å². The van der Waals surface area contributed by atoms with E-state index in [0.29, 0.717) is 16.8 Å². The van der Waals surface area contributed by atoms with Gasteiger partial charge < -0.3 is 10.1 Å². The molecule has 7 heteroatoms. The lowest BCUT2D eigenvalue weighted by Crippen LogP contribution is -2.31. The number of allylic oxidation sites excluding steroid dienone is 3. The van der Waals surface area contributed by atoms with E-state index in [1.165, 1.54) is 18.3 Å². The van der Waals surface area contributed by atoms with Crippen LogP contribution in [0.2, 0.25) is 0 Å². The Morgan fingerprint density at radius 3 is 2.56 bits per heavy atom. The minimum Gasteiger partial charge on any atom is -0.457 e. The average molecular weight is 496 g/mol. The van der Waals surface area contributed by atoms with Crippen molar-refractivity contribution < 1.29 is 14.3 Å². The number of nitrogens with zero attached hydrogens (tertiary/aromatic N) is 2. The molecule has 4 aromatic rings. The van der Waals surface area contributed by atoms with Crippen molar-refractivity contribution in [3.63, 3.8) is 0 Å². The van der Waals surface area contributed by atoms with Crippen molar-refractivity contribution in [2.75, 3.05) is 0 Å². The van der Waals surface area contributed by atoms with E-state index in [0.717, 1.165) is 38.2 Å². The largest absolute Gasteiger partial charge is 0.457 e. The maximum Gasteiger partial charge on any atom is 0.337 e. The second-order valence-corrected chi connectivity index (χ2v) is 9.57. The first-order valence-corrected chi connectivity index (χ1v) is 12.5. The van der Waals surface area contributed by atoms with Crippen molar-refractivity contribution in [1.82, 2.24) is 15.3 Å². The van der Waals surface area contributed by atoms with Crippen LogP contribution >= 0.6 is 11.3 Å². The van der Waals surface area contributed by atoms with Gasteiger partial charge in [-0.25, -0.2) is 9.78 Å². The van der Waals surface area contributed by atoms with Crippen LogP contribution in [-0.2, 0) is 20.9 Å². The number of fused-ring (bicyclic) bond motifs is 1. The number of carbonyl (C=O) groups excluding carboxylic acids is 2. The molecule has 0 amide bonds. The zero-order valence-corrected chi connectivity index (χ0v) is 21.1. The summed E-state index contributed by atoms with van der Waals surface area (Å²) < 4.78 is 5.90. The molecule has 1 aliphatic heterocycles. The standard InChI is InChI=1S/C29H25N3O3S/c1-17-25(19(3)33)27(24-16-36-28-23(24)11-7-13-31-28)26(18(2)32-17)29(34)35-15-21-8-4-5-10-22(21)20-9-6-12-30-14-20/h4-14,16,27,32H,15H2,1-3H3. The lowest BCUT2D eigenvalue weighted by molar-refractivity contribution is -0.140. The molecule has 3 aromatic heterocycles. The molecule has 0 saturated carbocycles. The van der Waals surface area contributed by atoms with Crippen molar-refractivity contribution in [2.24, 2.45) is 0 Å². The van der Waals surface area contributed by atoms with Gasteiger partial charge in [-0.1, -0.05) is 36.4 Å². The van der Waals surface area contributed by atoms with Gasteiger partial charge in [0, 0.05) is 52.4 Å². The van der Waals surface area contributed by atoms with Gasteiger partial charge in [-0.3, -0.25) is 9.78 Å². The summed E-state index contributed by atoms with van der Waals surface area (Å²) in [6, 6.07) is 15.5. The van der Waals surface area contributed by atoms with E-state index in [1.807, 2.05) is 67.8 Å². The van der Waals surface area contributed by atoms with Gasteiger partial charge in [-0.2, -0.15) is 0 Å². The summed E-state index contributed by atoms with van der Waals surface area (Å²) in [7, 11) is 0. The number of nitrogens with one attached hydrogen (secondary N) is 1. The summed E-state index contributed by atoms with van der Waals surface area (Å²) in [4.78, 5) is 36.0. The van der Waals surface area contributed by atoms with Crippen molar-refractivity contribution >= 4 is 33.3 Å². The van der Waals surface area contributed by atoms with Gasteiger partial charge in [0.05, 0.1) is 5.57 Å². The van der Waals surface area contributed by atoms with Gasteiger partial charge in [0.25, 0.3) is 0 Å². The van der Waals surface area contributed by atoms with Crippen LogP contribution < -0.4 is 5.32 Å². The van der Waals surface area contributed by atoms with Crippen molar-refractivity contribution in [3.05, 3.63) is 106 Å². The summed E-state index contributed by atoms with van der Waals surface area (Å²) in [5, 5.41) is 6.15. The Balaban J connectivity index is 1.51. The average Bonchev–Trinajstić information content (AvgIpc) is 3.31. The van der Waals surface area contributed by atoms with E-state index in [4.69, 9.17) is 4.74 Å². The quantitative estimate of drug-likeness (QED) is 0.334. The number of esters is 1. The van der Waals surface area contributed by atoms with Crippen LogP contribution in [0, 0.1) is 0 Å². The van der Waals surface area contributed by atoms with Gasteiger partial charge in [0.1, 0.15) is 11.4 Å². The van der Waals surface area contributed by atoms with Gasteiger partial charge in [0.2, 0.25) is 0 Å². The normalized spacial score (nSPS) is 15.7. The molecule has 1 unspecified atom stereocenters. The number of dihydropyridines is 1. The Kier molecular flexibility index (Phi) is 6.48. The number of ether oxygens (including phenoxy) is 1. The molecule has 36 heavy (non-hydrogen) atoms. The number of rotatable bonds is 6. The van der Waals surface area contributed by atoms with Crippen LogP contribution in [0.4, 0.5) is 0 Å². The molecular weight excluding hydrogens is 470 g/mol. The summed E-state index contributed by atoms with van der Waals surface area (Å²) in [5.41, 5.74) is 6.09. The first kappa shape index (κ1) is 23.6. The zero-order valence-electron chi connectivity index (χ0n) is 20.2. The van der Waals surface area contributed by atoms with Crippen LogP contribution in [0.5, 0.6) is 0 Å². The van der Waals surface area contributed by atoms with E-state index in [9.17, 15) is 9.59 Å². The Morgan fingerprint density at radius 1 is 1.00 bits per heavy atom. The second kappa shape index (κ2) is 9.87. The van der Waals surface area contributed by atoms with Gasteiger partial charge in [-0.15, -0.1) is 11.3 Å². The fourth-order valence-electron chi connectivity index (χ4n) is 4.82. The topological polar surface area (TPSA) is 81.2 Å². The molecule has 1 N–H and O–H groups in total. The smallest absolute Gasteiger partial charge is 0.337 e. The number of aromatic nitrogens is 2. The zero-order chi connectivity index (χ0) is 25.2. The molecule has 0 aliphatic carbocycles. The summed E-state index contributed by atoms with van der Waals surface area (Å²) in [5.74, 6) is -1.09. The number of ketones is 1. The summed E-state index contributed by atoms with van der Waals surface area (Å²) in [6.45, 7) is 5.35. The van der Waals surface area contributed by atoms with E-state index in [2.05, 4.69) is 15.3 Å². The van der Waals surface area contributed by atoms with Gasteiger partial charge in [-0.05, 0) is 55.0 Å². The number of benzene rings is 1. The number of hydrogen-bond acceptors (Lipinski definition) is 7. The van der Waals surface area contributed by atoms with Crippen LogP contribution in [-0.4, -0.2) is 21.7 Å². The minimum atomic E-state index is -0.539. The van der Waals surface area contributed by atoms with Crippen molar-refractivity contribution in [1.29, 1.82) is 0 Å². The van der Waals surface area contributed by atoms with Crippen molar-refractivity contribution in [3.8, 4) is 11.1 Å². The highest BCUT2D eigenvalue weighted by atomic mass is 32.1. The number of carbonyl (C=O) groups is 2. The predicted octanol–water partition coefficient (Wildman–Crippen LogP) is 5.93. The molecule has 5 rings (SSSR count). The molecule has 6 nitrogen and oxygen atoms in total. The lowest BCUT2D eigenvalue weighted by Gasteiger charge is -2.30. The van der Waals surface area contributed by atoms with Crippen LogP contribution in [0.1, 0.15) is 37.8 Å². The Morgan fingerprint density at radius 2 is 1.78 bits per heavy atom. The third kappa shape index (κ3) is 4.33. The molecular formula is C29H25N3O3S. The highest BCUT2D eigenvalue weighted by Crippen LogP contribution is 2.43.